The number of hydrogen-bond acceptors (Lipinski definition) is 3. The summed E-state index contributed by atoms with van der Waals surface area (Å²) in [4.78, 5) is 3.95. The monoisotopic (exact) mass is 221 g/mol. The van der Waals surface area contributed by atoms with Gasteiger partial charge in [0.2, 0.25) is 0 Å². The van der Waals surface area contributed by atoms with Crippen LogP contribution < -0.4 is 10.5 Å². The van der Waals surface area contributed by atoms with E-state index in [1.54, 1.807) is 37.0 Å². The van der Waals surface area contributed by atoms with Gasteiger partial charge in [-0.1, -0.05) is 0 Å². The minimum absolute atomic E-state index is 0.126. The van der Waals surface area contributed by atoms with Crippen molar-refractivity contribution < 1.29 is 9.13 Å². The molecule has 0 aliphatic heterocycles. The third kappa shape index (κ3) is 1.84. The zero-order valence-corrected chi connectivity index (χ0v) is 9.07. The Morgan fingerprint density at radius 3 is 2.81 bits per heavy atom. The molecule has 2 aromatic rings. The molecule has 2 rings (SSSR count). The van der Waals surface area contributed by atoms with E-state index in [2.05, 4.69) is 4.98 Å². The van der Waals surface area contributed by atoms with Crippen molar-refractivity contribution in [2.45, 2.75) is 6.92 Å². The van der Waals surface area contributed by atoms with Gasteiger partial charge in [-0.05, 0) is 18.6 Å². The molecule has 0 radical (unpaired) electrons. The first-order valence-electron chi connectivity index (χ1n) is 4.78. The smallest absolute Gasteiger partial charge is 0.301 e. The third-order valence-electron chi connectivity index (χ3n) is 2.30. The van der Waals surface area contributed by atoms with Crippen LogP contribution in [0.15, 0.2) is 24.5 Å². The van der Waals surface area contributed by atoms with E-state index in [9.17, 15) is 4.39 Å². The van der Waals surface area contributed by atoms with Crippen LogP contribution in [0.2, 0.25) is 0 Å². The third-order valence-corrected chi connectivity index (χ3v) is 2.30. The highest BCUT2D eigenvalue weighted by molar-refractivity contribution is 5.50. The van der Waals surface area contributed by atoms with Crippen LogP contribution in [0.3, 0.4) is 0 Å². The summed E-state index contributed by atoms with van der Waals surface area (Å²) in [6.07, 6.45) is 3.30. The molecule has 1 aromatic heterocycles. The molecule has 16 heavy (non-hydrogen) atoms. The van der Waals surface area contributed by atoms with Crippen molar-refractivity contribution in [3.63, 3.8) is 0 Å². The van der Waals surface area contributed by atoms with Gasteiger partial charge in [-0.25, -0.2) is 9.37 Å². The number of aromatic nitrogens is 2. The highest BCUT2D eigenvalue weighted by Gasteiger charge is 2.09. The van der Waals surface area contributed by atoms with Gasteiger partial charge < -0.3 is 15.0 Å². The fraction of sp³-hybridized carbons (Fsp3) is 0.182. The summed E-state index contributed by atoms with van der Waals surface area (Å²) in [7, 11) is 1.77. The second-order valence-electron chi connectivity index (χ2n) is 3.56. The van der Waals surface area contributed by atoms with Crippen molar-refractivity contribution in [3.05, 3.63) is 35.9 Å². The van der Waals surface area contributed by atoms with E-state index < -0.39 is 5.82 Å². The maximum Gasteiger partial charge on any atom is 0.301 e. The molecular formula is C11H12FN3O. The Morgan fingerprint density at radius 2 is 2.19 bits per heavy atom. The quantitative estimate of drug-likeness (QED) is 0.791. The highest BCUT2D eigenvalue weighted by atomic mass is 19.1. The van der Waals surface area contributed by atoms with Crippen LogP contribution in [0, 0.1) is 12.7 Å². The van der Waals surface area contributed by atoms with Gasteiger partial charge in [0, 0.05) is 31.2 Å². The molecule has 0 spiro atoms. The molecule has 0 aliphatic carbocycles. The topological polar surface area (TPSA) is 53.1 Å². The lowest BCUT2D eigenvalue weighted by Crippen LogP contribution is -1.98. The number of nitrogens with two attached hydrogens (primary N) is 1. The Bertz CT molecular complexity index is 522. The number of imidazole rings is 1. The van der Waals surface area contributed by atoms with Crippen LogP contribution in [0.1, 0.15) is 5.56 Å². The lowest BCUT2D eigenvalue weighted by Gasteiger charge is -2.08. The largest absolute Gasteiger partial charge is 0.422 e. The summed E-state index contributed by atoms with van der Waals surface area (Å²) in [5.74, 6) is -0.368. The Morgan fingerprint density at radius 1 is 1.44 bits per heavy atom. The predicted octanol–water partition coefficient (Wildman–Crippen LogP) is 2.24. The van der Waals surface area contributed by atoms with Crippen molar-refractivity contribution in [2.24, 2.45) is 7.05 Å². The first-order valence-corrected chi connectivity index (χ1v) is 4.78. The minimum Gasteiger partial charge on any atom is -0.422 e. The molecule has 0 aliphatic rings. The molecule has 0 fully saturated rings. The number of anilines is 1. The maximum absolute atomic E-state index is 13.5. The van der Waals surface area contributed by atoms with Crippen LogP contribution in [-0.4, -0.2) is 9.55 Å². The van der Waals surface area contributed by atoms with Gasteiger partial charge in [0.15, 0.2) is 11.6 Å². The maximum atomic E-state index is 13.5. The van der Waals surface area contributed by atoms with Gasteiger partial charge in [-0.3, -0.25) is 0 Å². The Kier molecular flexibility index (Phi) is 2.52. The number of nitrogens with zero attached hydrogens (tertiary/aromatic N) is 2. The second kappa shape index (κ2) is 3.84. The first-order chi connectivity index (χ1) is 7.58. The summed E-state index contributed by atoms with van der Waals surface area (Å²) in [5.41, 5.74) is 6.75. The molecule has 0 atom stereocenters. The zero-order valence-electron chi connectivity index (χ0n) is 9.07. The van der Waals surface area contributed by atoms with E-state index in [1.165, 1.54) is 6.07 Å². The number of nitrogen functional groups attached to an aromatic ring is 1. The molecule has 1 aromatic carbocycles. The normalized spacial score (nSPS) is 10.4. The standard InChI is InChI=1S/C11H12FN3O/c1-7-5-10(8(12)6-9(7)13)16-11-14-3-4-15(11)2/h3-6H,13H2,1-2H3. The first kappa shape index (κ1) is 10.5. The molecule has 0 amide bonds. The van der Waals surface area contributed by atoms with E-state index in [0.717, 1.165) is 5.56 Å². The summed E-state index contributed by atoms with van der Waals surface area (Å²) in [6, 6.07) is 3.13. The molecule has 0 bridgehead atoms. The van der Waals surface area contributed by atoms with E-state index in [1.807, 2.05) is 0 Å². The van der Waals surface area contributed by atoms with Crippen LogP contribution in [0.25, 0.3) is 0 Å². The molecule has 0 saturated heterocycles. The van der Waals surface area contributed by atoms with Crippen molar-refractivity contribution in [2.75, 3.05) is 5.73 Å². The van der Waals surface area contributed by atoms with E-state index in [4.69, 9.17) is 10.5 Å². The van der Waals surface area contributed by atoms with Crippen molar-refractivity contribution in [3.8, 4) is 11.8 Å². The molecule has 0 saturated carbocycles. The summed E-state index contributed by atoms with van der Waals surface area (Å²) in [6.45, 7) is 1.79. The van der Waals surface area contributed by atoms with Gasteiger partial charge in [-0.2, -0.15) is 0 Å². The highest BCUT2D eigenvalue weighted by Crippen LogP contribution is 2.27. The molecule has 5 heteroatoms. The predicted molar refractivity (Wildman–Crippen MR) is 58.8 cm³/mol. The Labute approximate surface area is 92.5 Å². The number of aryl methyl sites for hydroxylation is 2. The summed E-state index contributed by atoms with van der Waals surface area (Å²) >= 11 is 0. The van der Waals surface area contributed by atoms with Crippen LogP contribution in [0.4, 0.5) is 10.1 Å². The summed E-state index contributed by atoms with van der Waals surface area (Å²) in [5, 5.41) is 0. The molecular weight excluding hydrogens is 209 g/mol. The van der Waals surface area contributed by atoms with Gasteiger partial charge in [-0.15, -0.1) is 0 Å². The molecule has 0 unspecified atom stereocenters. The molecule has 4 nitrogen and oxygen atoms in total. The zero-order chi connectivity index (χ0) is 11.7. The number of halogens is 1. The fourth-order valence-corrected chi connectivity index (χ4v) is 1.30. The number of hydrogen-bond donors (Lipinski definition) is 1. The van der Waals surface area contributed by atoms with Gasteiger partial charge in [0.05, 0.1) is 0 Å². The van der Waals surface area contributed by atoms with Crippen molar-refractivity contribution in [1.29, 1.82) is 0 Å². The molecule has 2 N–H and O–H groups in total. The van der Waals surface area contributed by atoms with Crippen LogP contribution >= 0.6 is 0 Å². The Hall–Kier alpha value is -2.04. The van der Waals surface area contributed by atoms with E-state index in [-0.39, 0.29) is 5.75 Å². The number of benzene rings is 1. The van der Waals surface area contributed by atoms with Crippen LogP contribution in [0.5, 0.6) is 11.8 Å². The lowest BCUT2D eigenvalue weighted by molar-refractivity contribution is 0.397. The van der Waals surface area contributed by atoms with Gasteiger partial charge in [0.25, 0.3) is 0 Å². The second-order valence-corrected chi connectivity index (χ2v) is 3.56. The average Bonchev–Trinajstić information content (AvgIpc) is 2.61. The Balaban J connectivity index is 2.35. The fourth-order valence-electron chi connectivity index (χ4n) is 1.30. The number of ether oxygens (including phenoxy) is 1. The van der Waals surface area contributed by atoms with Gasteiger partial charge >= 0.3 is 6.01 Å². The minimum atomic E-state index is -0.494. The van der Waals surface area contributed by atoms with Crippen molar-refractivity contribution >= 4 is 5.69 Å². The van der Waals surface area contributed by atoms with E-state index in [0.29, 0.717) is 11.7 Å². The lowest BCUT2D eigenvalue weighted by atomic mass is 10.2. The van der Waals surface area contributed by atoms with Crippen LogP contribution in [-0.2, 0) is 7.05 Å². The van der Waals surface area contributed by atoms with Crippen molar-refractivity contribution in [1.82, 2.24) is 9.55 Å². The number of rotatable bonds is 2. The molecule has 1 heterocycles. The molecule has 84 valence electrons. The van der Waals surface area contributed by atoms with Gasteiger partial charge in [0.1, 0.15) is 0 Å². The summed E-state index contributed by atoms with van der Waals surface area (Å²) < 4.78 is 20.5. The van der Waals surface area contributed by atoms with E-state index >= 15 is 0 Å². The average molecular weight is 221 g/mol. The SMILES string of the molecule is Cc1cc(Oc2nccn2C)c(F)cc1N.